The van der Waals surface area contributed by atoms with Gasteiger partial charge in [0.1, 0.15) is 5.82 Å². The average molecular weight is 191 g/mol. The molecule has 0 radical (unpaired) electrons. The van der Waals surface area contributed by atoms with Gasteiger partial charge < -0.3 is 5.32 Å². The molecular weight excluding hydrogens is 174 g/mol. The third-order valence-corrected chi connectivity index (χ3v) is 2.64. The lowest BCUT2D eigenvalue weighted by Crippen LogP contribution is -2.06. The molecule has 1 aliphatic heterocycles. The van der Waals surface area contributed by atoms with E-state index in [4.69, 9.17) is 0 Å². The van der Waals surface area contributed by atoms with E-state index < -0.39 is 0 Å². The number of hydrogen-bond acceptors (Lipinski definition) is 3. The first-order valence-corrected chi connectivity index (χ1v) is 5.31. The molecule has 0 aromatic carbocycles. The molecule has 0 amide bonds. The maximum Gasteiger partial charge on any atom is 0.131 e. The summed E-state index contributed by atoms with van der Waals surface area (Å²) in [6.45, 7) is 8.29. The molecule has 2 heterocycles. The Labute approximate surface area is 85.0 Å². The topological polar surface area (TPSA) is 37.8 Å². The highest BCUT2D eigenvalue weighted by Crippen LogP contribution is 2.20. The van der Waals surface area contributed by atoms with Gasteiger partial charge >= 0.3 is 0 Å². The van der Waals surface area contributed by atoms with E-state index in [-0.39, 0.29) is 0 Å². The molecule has 76 valence electrons. The summed E-state index contributed by atoms with van der Waals surface area (Å²) in [6, 6.07) is 0. The SMILES string of the molecule is CCc1nc(C(C)C)nc2c1CNC2. The second kappa shape index (κ2) is 3.65. The van der Waals surface area contributed by atoms with Gasteiger partial charge in [-0.3, -0.25) is 0 Å². The van der Waals surface area contributed by atoms with Crippen LogP contribution in [-0.2, 0) is 19.5 Å². The molecule has 3 nitrogen and oxygen atoms in total. The van der Waals surface area contributed by atoms with E-state index in [9.17, 15) is 0 Å². The van der Waals surface area contributed by atoms with Crippen molar-refractivity contribution in [1.82, 2.24) is 15.3 Å². The Bertz CT molecular complexity index is 345. The first-order chi connectivity index (χ1) is 6.72. The van der Waals surface area contributed by atoms with E-state index in [2.05, 4.69) is 36.1 Å². The Morgan fingerprint density at radius 3 is 2.71 bits per heavy atom. The van der Waals surface area contributed by atoms with Crippen LogP contribution in [0.4, 0.5) is 0 Å². The summed E-state index contributed by atoms with van der Waals surface area (Å²) in [7, 11) is 0. The van der Waals surface area contributed by atoms with E-state index in [1.165, 1.54) is 17.0 Å². The van der Waals surface area contributed by atoms with Crippen LogP contribution in [-0.4, -0.2) is 9.97 Å². The average Bonchev–Trinajstić information content (AvgIpc) is 2.63. The van der Waals surface area contributed by atoms with Crippen molar-refractivity contribution in [2.24, 2.45) is 0 Å². The zero-order valence-corrected chi connectivity index (χ0v) is 9.09. The minimum Gasteiger partial charge on any atom is -0.307 e. The van der Waals surface area contributed by atoms with Gasteiger partial charge in [-0.15, -0.1) is 0 Å². The van der Waals surface area contributed by atoms with Gasteiger partial charge in [0.25, 0.3) is 0 Å². The summed E-state index contributed by atoms with van der Waals surface area (Å²) in [5, 5.41) is 3.33. The minimum absolute atomic E-state index is 0.422. The number of aryl methyl sites for hydroxylation is 1. The minimum atomic E-state index is 0.422. The first-order valence-electron chi connectivity index (χ1n) is 5.31. The van der Waals surface area contributed by atoms with E-state index >= 15 is 0 Å². The van der Waals surface area contributed by atoms with Crippen molar-refractivity contribution in [3.05, 3.63) is 22.8 Å². The molecule has 0 aliphatic carbocycles. The Morgan fingerprint density at radius 2 is 2.07 bits per heavy atom. The summed E-state index contributed by atoms with van der Waals surface area (Å²) >= 11 is 0. The van der Waals surface area contributed by atoms with Crippen LogP contribution < -0.4 is 5.32 Å². The highest BCUT2D eigenvalue weighted by molar-refractivity contribution is 5.29. The van der Waals surface area contributed by atoms with Gasteiger partial charge in [0, 0.05) is 30.3 Å². The second-order valence-electron chi connectivity index (χ2n) is 4.07. The smallest absolute Gasteiger partial charge is 0.131 e. The van der Waals surface area contributed by atoms with Crippen LogP contribution in [0.2, 0.25) is 0 Å². The molecule has 2 rings (SSSR count). The van der Waals surface area contributed by atoms with Crippen LogP contribution in [0.5, 0.6) is 0 Å². The molecular formula is C11H17N3. The van der Waals surface area contributed by atoms with Gasteiger partial charge in [0.05, 0.1) is 5.69 Å². The maximum atomic E-state index is 4.61. The predicted octanol–water partition coefficient (Wildman–Crippen LogP) is 1.77. The number of rotatable bonds is 2. The second-order valence-corrected chi connectivity index (χ2v) is 4.07. The van der Waals surface area contributed by atoms with Gasteiger partial charge in [-0.25, -0.2) is 9.97 Å². The Kier molecular flexibility index (Phi) is 2.50. The zero-order valence-electron chi connectivity index (χ0n) is 9.09. The number of aromatic nitrogens is 2. The van der Waals surface area contributed by atoms with Crippen molar-refractivity contribution >= 4 is 0 Å². The fourth-order valence-electron chi connectivity index (χ4n) is 1.81. The summed E-state index contributed by atoms with van der Waals surface area (Å²) in [6.07, 6.45) is 1.01. The summed E-state index contributed by atoms with van der Waals surface area (Å²) in [5.74, 6) is 1.41. The molecule has 1 aliphatic rings. The van der Waals surface area contributed by atoms with Gasteiger partial charge in [0.2, 0.25) is 0 Å². The Balaban J connectivity index is 2.49. The molecule has 0 unspecified atom stereocenters. The monoisotopic (exact) mass is 191 g/mol. The fourth-order valence-corrected chi connectivity index (χ4v) is 1.81. The quantitative estimate of drug-likeness (QED) is 0.774. The lowest BCUT2D eigenvalue weighted by atomic mass is 10.1. The van der Waals surface area contributed by atoms with Crippen molar-refractivity contribution in [3.8, 4) is 0 Å². The molecule has 0 fully saturated rings. The highest BCUT2D eigenvalue weighted by Gasteiger charge is 2.18. The van der Waals surface area contributed by atoms with E-state index in [0.29, 0.717) is 5.92 Å². The standard InChI is InChI=1S/C11H17N3/c1-4-9-8-5-12-6-10(8)14-11(13-9)7(2)3/h7,12H,4-6H2,1-3H3. The van der Waals surface area contributed by atoms with Crippen LogP contribution in [0, 0.1) is 0 Å². The predicted molar refractivity (Wildman–Crippen MR) is 56.0 cm³/mol. The van der Waals surface area contributed by atoms with Gasteiger partial charge in [0.15, 0.2) is 0 Å². The van der Waals surface area contributed by atoms with Crippen molar-refractivity contribution in [2.45, 2.75) is 46.2 Å². The molecule has 0 saturated heterocycles. The molecule has 1 aromatic heterocycles. The summed E-state index contributed by atoms with van der Waals surface area (Å²) < 4.78 is 0. The van der Waals surface area contributed by atoms with Crippen LogP contribution in [0.3, 0.4) is 0 Å². The first kappa shape index (κ1) is 9.59. The van der Waals surface area contributed by atoms with Gasteiger partial charge in [-0.05, 0) is 6.42 Å². The number of nitrogens with zero attached hydrogens (tertiary/aromatic N) is 2. The largest absolute Gasteiger partial charge is 0.307 e. The van der Waals surface area contributed by atoms with Crippen LogP contribution >= 0.6 is 0 Å². The third-order valence-electron chi connectivity index (χ3n) is 2.64. The van der Waals surface area contributed by atoms with Gasteiger partial charge in [-0.2, -0.15) is 0 Å². The molecule has 14 heavy (non-hydrogen) atoms. The van der Waals surface area contributed by atoms with Crippen LogP contribution in [0.15, 0.2) is 0 Å². The third kappa shape index (κ3) is 1.52. The van der Waals surface area contributed by atoms with E-state index in [1.54, 1.807) is 0 Å². The molecule has 0 atom stereocenters. The summed E-state index contributed by atoms with van der Waals surface area (Å²) in [4.78, 5) is 9.20. The van der Waals surface area contributed by atoms with Crippen molar-refractivity contribution in [3.63, 3.8) is 0 Å². The number of hydrogen-bond donors (Lipinski definition) is 1. The van der Waals surface area contributed by atoms with Crippen molar-refractivity contribution < 1.29 is 0 Å². The molecule has 1 aromatic rings. The Morgan fingerprint density at radius 1 is 1.29 bits per heavy atom. The van der Waals surface area contributed by atoms with E-state index in [0.717, 1.165) is 25.3 Å². The van der Waals surface area contributed by atoms with Crippen molar-refractivity contribution in [2.75, 3.05) is 0 Å². The highest BCUT2D eigenvalue weighted by atomic mass is 15.0. The van der Waals surface area contributed by atoms with Crippen molar-refractivity contribution in [1.29, 1.82) is 0 Å². The van der Waals surface area contributed by atoms with E-state index in [1.807, 2.05) is 0 Å². The lowest BCUT2D eigenvalue weighted by Gasteiger charge is -2.09. The summed E-state index contributed by atoms with van der Waals surface area (Å²) in [5.41, 5.74) is 3.76. The molecule has 0 saturated carbocycles. The molecule has 0 bridgehead atoms. The Hall–Kier alpha value is -0.960. The van der Waals surface area contributed by atoms with Crippen LogP contribution in [0.1, 0.15) is 49.5 Å². The molecule has 1 N–H and O–H groups in total. The molecule has 0 spiro atoms. The number of fused-ring (bicyclic) bond motifs is 1. The normalized spacial score (nSPS) is 14.9. The molecule has 3 heteroatoms. The number of nitrogens with one attached hydrogen (secondary N) is 1. The van der Waals surface area contributed by atoms with Gasteiger partial charge in [-0.1, -0.05) is 20.8 Å². The zero-order chi connectivity index (χ0) is 10.1. The lowest BCUT2D eigenvalue weighted by molar-refractivity contribution is 0.737. The maximum absolute atomic E-state index is 4.61. The van der Waals surface area contributed by atoms with Crippen LogP contribution in [0.25, 0.3) is 0 Å². The fraction of sp³-hybridized carbons (Fsp3) is 0.636.